The summed E-state index contributed by atoms with van der Waals surface area (Å²) in [5.41, 5.74) is 0.621. The van der Waals surface area contributed by atoms with Gasteiger partial charge in [-0.2, -0.15) is 0 Å². The van der Waals surface area contributed by atoms with Gasteiger partial charge in [-0.25, -0.2) is 4.79 Å². The molecule has 14 heavy (non-hydrogen) atoms. The van der Waals surface area contributed by atoms with Crippen molar-refractivity contribution < 1.29 is 19.8 Å². The summed E-state index contributed by atoms with van der Waals surface area (Å²) >= 11 is 0. The van der Waals surface area contributed by atoms with E-state index in [1.54, 1.807) is 13.0 Å². The van der Waals surface area contributed by atoms with Crippen LogP contribution in [0, 0.1) is 5.92 Å². The topological polar surface area (TPSA) is 74.6 Å². The molecule has 0 bridgehead atoms. The van der Waals surface area contributed by atoms with Crippen LogP contribution in [-0.2, 0) is 9.59 Å². The standard InChI is InChI=1S/C10H10O4/c1-6-3-2-4-7(9(11)12)8(5-6)10(13)14/h2-5,8H,1H3,(H,11,12)(H,13,14). The van der Waals surface area contributed by atoms with Crippen LogP contribution in [-0.4, -0.2) is 22.2 Å². The molecule has 0 aliphatic heterocycles. The highest BCUT2D eigenvalue weighted by Gasteiger charge is 2.25. The molecule has 0 fully saturated rings. The van der Waals surface area contributed by atoms with Crippen LogP contribution in [0.2, 0.25) is 0 Å². The van der Waals surface area contributed by atoms with E-state index in [9.17, 15) is 9.59 Å². The Morgan fingerprint density at radius 1 is 1.36 bits per heavy atom. The summed E-state index contributed by atoms with van der Waals surface area (Å²) in [6.07, 6.45) is 5.95. The van der Waals surface area contributed by atoms with E-state index in [-0.39, 0.29) is 5.57 Å². The van der Waals surface area contributed by atoms with Gasteiger partial charge in [0.25, 0.3) is 0 Å². The number of hydrogen-bond acceptors (Lipinski definition) is 2. The third-order valence-electron chi connectivity index (χ3n) is 1.91. The molecule has 1 atom stereocenters. The molecule has 0 aromatic heterocycles. The van der Waals surface area contributed by atoms with E-state index in [0.717, 1.165) is 5.57 Å². The molecule has 1 rings (SSSR count). The summed E-state index contributed by atoms with van der Waals surface area (Å²) in [6.45, 7) is 1.73. The third-order valence-corrected chi connectivity index (χ3v) is 1.91. The summed E-state index contributed by atoms with van der Waals surface area (Å²) in [7, 11) is 0. The first-order valence-electron chi connectivity index (χ1n) is 4.05. The molecule has 0 radical (unpaired) electrons. The smallest absolute Gasteiger partial charge is 0.332 e. The molecular weight excluding hydrogens is 184 g/mol. The van der Waals surface area contributed by atoms with Crippen molar-refractivity contribution in [1.82, 2.24) is 0 Å². The molecule has 74 valence electrons. The molecule has 1 unspecified atom stereocenters. The molecule has 0 saturated heterocycles. The van der Waals surface area contributed by atoms with Gasteiger partial charge in [0.05, 0.1) is 5.57 Å². The van der Waals surface area contributed by atoms with Crippen LogP contribution in [0.25, 0.3) is 0 Å². The highest BCUT2D eigenvalue weighted by Crippen LogP contribution is 2.19. The first-order valence-corrected chi connectivity index (χ1v) is 4.05. The quantitative estimate of drug-likeness (QED) is 0.692. The second kappa shape index (κ2) is 3.91. The minimum atomic E-state index is -1.20. The summed E-state index contributed by atoms with van der Waals surface area (Å²) < 4.78 is 0. The highest BCUT2D eigenvalue weighted by atomic mass is 16.4. The molecule has 0 aromatic rings. The zero-order valence-electron chi connectivity index (χ0n) is 7.60. The van der Waals surface area contributed by atoms with Gasteiger partial charge in [-0.15, -0.1) is 0 Å². The Hall–Kier alpha value is -1.84. The molecular formula is C10H10O4. The van der Waals surface area contributed by atoms with Gasteiger partial charge in [-0.05, 0) is 6.92 Å². The van der Waals surface area contributed by atoms with Crippen LogP contribution >= 0.6 is 0 Å². The molecule has 0 saturated carbocycles. The lowest BCUT2D eigenvalue weighted by atomic mass is 9.98. The van der Waals surface area contributed by atoms with Gasteiger partial charge >= 0.3 is 11.9 Å². The molecule has 2 N–H and O–H groups in total. The van der Waals surface area contributed by atoms with Gasteiger partial charge < -0.3 is 10.2 Å². The van der Waals surface area contributed by atoms with Crippen molar-refractivity contribution >= 4 is 11.9 Å². The molecule has 1 aliphatic carbocycles. The SMILES string of the molecule is CC1=CC(C(=O)O)C(C(=O)O)=CC=C1. The van der Waals surface area contributed by atoms with Crippen molar-refractivity contribution in [1.29, 1.82) is 0 Å². The maximum absolute atomic E-state index is 10.8. The van der Waals surface area contributed by atoms with Gasteiger partial charge in [0, 0.05) is 0 Å². The van der Waals surface area contributed by atoms with E-state index < -0.39 is 17.9 Å². The molecule has 4 nitrogen and oxygen atoms in total. The normalized spacial score (nSPS) is 20.8. The van der Waals surface area contributed by atoms with E-state index in [1.165, 1.54) is 18.2 Å². The summed E-state index contributed by atoms with van der Waals surface area (Å²) in [5.74, 6) is -3.42. The first-order chi connectivity index (χ1) is 6.52. The molecule has 0 spiro atoms. The number of aliphatic carboxylic acids is 2. The molecule has 0 amide bonds. The fourth-order valence-electron chi connectivity index (χ4n) is 1.22. The fraction of sp³-hybridized carbons (Fsp3) is 0.200. The lowest BCUT2D eigenvalue weighted by Gasteiger charge is -2.07. The van der Waals surface area contributed by atoms with Crippen molar-refractivity contribution in [2.45, 2.75) is 6.92 Å². The Kier molecular flexibility index (Phi) is 2.86. The van der Waals surface area contributed by atoms with Crippen LogP contribution in [0.4, 0.5) is 0 Å². The molecule has 0 aromatic carbocycles. The number of carbonyl (C=O) groups is 2. The number of carboxylic acids is 2. The summed E-state index contributed by atoms with van der Waals surface area (Å²) in [4.78, 5) is 21.5. The first kappa shape index (κ1) is 10.2. The highest BCUT2D eigenvalue weighted by molar-refractivity contribution is 5.95. The Labute approximate surface area is 80.9 Å². The van der Waals surface area contributed by atoms with Crippen LogP contribution in [0.15, 0.2) is 35.5 Å². The molecule has 4 heteroatoms. The van der Waals surface area contributed by atoms with Crippen LogP contribution in [0.1, 0.15) is 6.92 Å². The van der Waals surface area contributed by atoms with Crippen molar-refractivity contribution in [3.8, 4) is 0 Å². The Morgan fingerprint density at radius 2 is 2.00 bits per heavy atom. The fourth-order valence-corrected chi connectivity index (χ4v) is 1.22. The maximum atomic E-state index is 10.8. The minimum absolute atomic E-state index is 0.120. The number of allylic oxidation sites excluding steroid dienone is 4. The van der Waals surface area contributed by atoms with E-state index in [4.69, 9.17) is 10.2 Å². The Morgan fingerprint density at radius 3 is 2.50 bits per heavy atom. The third kappa shape index (κ3) is 2.10. The predicted octanol–water partition coefficient (Wildman–Crippen LogP) is 1.21. The van der Waals surface area contributed by atoms with Gasteiger partial charge in [-0.1, -0.05) is 29.9 Å². The maximum Gasteiger partial charge on any atom is 0.332 e. The van der Waals surface area contributed by atoms with Crippen LogP contribution in [0.5, 0.6) is 0 Å². The summed E-state index contributed by atoms with van der Waals surface area (Å²) in [5, 5.41) is 17.6. The van der Waals surface area contributed by atoms with Gasteiger partial charge in [0.15, 0.2) is 0 Å². The molecule has 1 aliphatic rings. The number of carboxylic acid groups (broad SMARTS) is 2. The zero-order valence-corrected chi connectivity index (χ0v) is 7.60. The van der Waals surface area contributed by atoms with E-state index in [1.807, 2.05) is 0 Å². The van der Waals surface area contributed by atoms with E-state index in [2.05, 4.69) is 0 Å². The van der Waals surface area contributed by atoms with Gasteiger partial charge in [-0.3, -0.25) is 4.79 Å². The second-order valence-electron chi connectivity index (χ2n) is 3.01. The average molecular weight is 194 g/mol. The van der Waals surface area contributed by atoms with Gasteiger partial charge in [0.1, 0.15) is 5.92 Å². The summed E-state index contributed by atoms with van der Waals surface area (Å²) in [6, 6.07) is 0. The van der Waals surface area contributed by atoms with Crippen molar-refractivity contribution in [3.63, 3.8) is 0 Å². The van der Waals surface area contributed by atoms with Crippen molar-refractivity contribution in [2.75, 3.05) is 0 Å². The number of hydrogen-bond donors (Lipinski definition) is 2. The minimum Gasteiger partial charge on any atom is -0.481 e. The monoisotopic (exact) mass is 194 g/mol. The lowest BCUT2D eigenvalue weighted by Crippen LogP contribution is -2.19. The van der Waals surface area contributed by atoms with Crippen LogP contribution < -0.4 is 0 Å². The largest absolute Gasteiger partial charge is 0.481 e. The lowest BCUT2D eigenvalue weighted by molar-refractivity contribution is -0.142. The zero-order chi connectivity index (χ0) is 10.7. The van der Waals surface area contributed by atoms with Crippen LogP contribution in [0.3, 0.4) is 0 Å². The predicted molar refractivity (Wildman–Crippen MR) is 49.7 cm³/mol. The van der Waals surface area contributed by atoms with Crippen molar-refractivity contribution in [2.24, 2.45) is 5.92 Å². The Bertz CT molecular complexity index is 360. The number of rotatable bonds is 2. The van der Waals surface area contributed by atoms with Crippen molar-refractivity contribution in [3.05, 3.63) is 35.5 Å². The van der Waals surface area contributed by atoms with Gasteiger partial charge in [0.2, 0.25) is 0 Å². The van der Waals surface area contributed by atoms with E-state index >= 15 is 0 Å². The van der Waals surface area contributed by atoms with E-state index in [0.29, 0.717) is 0 Å². The average Bonchev–Trinajstić information content (AvgIpc) is 2.26. The molecule has 0 heterocycles. The Balaban J connectivity index is 3.14. The second-order valence-corrected chi connectivity index (χ2v) is 3.01.